The van der Waals surface area contributed by atoms with E-state index in [-0.39, 0.29) is 6.10 Å². The zero-order valence-corrected chi connectivity index (χ0v) is 12.4. The summed E-state index contributed by atoms with van der Waals surface area (Å²) < 4.78 is 5.27. The highest BCUT2D eigenvalue weighted by Crippen LogP contribution is 2.25. The maximum absolute atomic E-state index is 10.0. The van der Waals surface area contributed by atoms with E-state index >= 15 is 0 Å². The monoisotopic (exact) mass is 266 g/mol. The number of nitrogens with zero attached hydrogens (tertiary/aromatic N) is 2. The molecule has 1 saturated carbocycles. The lowest BCUT2D eigenvalue weighted by molar-refractivity contribution is 0.0501. The van der Waals surface area contributed by atoms with Gasteiger partial charge in [-0.25, -0.2) is 0 Å². The van der Waals surface area contributed by atoms with Crippen LogP contribution in [0.5, 0.6) is 0 Å². The van der Waals surface area contributed by atoms with Gasteiger partial charge in [-0.3, -0.25) is 0 Å². The van der Waals surface area contributed by atoms with Gasteiger partial charge in [-0.15, -0.1) is 0 Å². The van der Waals surface area contributed by atoms with E-state index in [0.29, 0.717) is 5.92 Å². The topological polar surface area (TPSA) is 49.5 Å². The molecule has 2 atom stereocenters. The number of hydrogen-bond acceptors (Lipinski definition) is 4. The summed E-state index contributed by atoms with van der Waals surface area (Å²) in [5, 5.41) is 14.1. The Morgan fingerprint density at radius 2 is 2.11 bits per heavy atom. The maximum atomic E-state index is 10.0. The van der Waals surface area contributed by atoms with Crippen LogP contribution < -0.4 is 0 Å². The number of aromatic nitrogens is 1. The fourth-order valence-corrected chi connectivity index (χ4v) is 3.05. The zero-order valence-electron chi connectivity index (χ0n) is 12.4. The number of aryl methyl sites for hydroxylation is 2. The van der Waals surface area contributed by atoms with Crippen molar-refractivity contribution in [1.82, 2.24) is 10.1 Å². The molecule has 19 heavy (non-hydrogen) atoms. The molecule has 1 aliphatic rings. The van der Waals surface area contributed by atoms with Crippen molar-refractivity contribution in [2.45, 2.75) is 58.6 Å². The highest BCUT2D eigenvalue weighted by Gasteiger charge is 2.24. The molecule has 0 aromatic carbocycles. The van der Waals surface area contributed by atoms with E-state index in [9.17, 15) is 5.11 Å². The van der Waals surface area contributed by atoms with Gasteiger partial charge in [0.05, 0.1) is 11.8 Å². The van der Waals surface area contributed by atoms with E-state index in [0.717, 1.165) is 43.8 Å². The molecule has 1 heterocycles. The molecule has 1 fully saturated rings. The van der Waals surface area contributed by atoms with Gasteiger partial charge in [-0.05, 0) is 39.2 Å². The highest BCUT2D eigenvalue weighted by molar-refractivity contribution is 5.21. The molecule has 0 bridgehead atoms. The van der Waals surface area contributed by atoms with Gasteiger partial charge in [-0.1, -0.05) is 24.9 Å². The van der Waals surface area contributed by atoms with Crippen molar-refractivity contribution in [3.05, 3.63) is 17.0 Å². The number of hydrogen-bond donors (Lipinski definition) is 1. The lowest BCUT2D eigenvalue weighted by Crippen LogP contribution is -2.34. The lowest BCUT2D eigenvalue weighted by atomic mass is 9.86. The largest absolute Gasteiger partial charge is 0.393 e. The first-order valence-electron chi connectivity index (χ1n) is 7.42. The molecule has 2 rings (SSSR count). The van der Waals surface area contributed by atoms with Crippen LogP contribution in [-0.4, -0.2) is 34.9 Å². The third kappa shape index (κ3) is 3.57. The van der Waals surface area contributed by atoms with Crippen molar-refractivity contribution >= 4 is 0 Å². The Kier molecular flexibility index (Phi) is 4.99. The van der Waals surface area contributed by atoms with Crippen LogP contribution in [0.25, 0.3) is 0 Å². The van der Waals surface area contributed by atoms with Crippen LogP contribution in [0.15, 0.2) is 4.52 Å². The molecule has 1 aromatic rings. The minimum absolute atomic E-state index is 0.120. The van der Waals surface area contributed by atoms with Crippen molar-refractivity contribution in [3.63, 3.8) is 0 Å². The van der Waals surface area contributed by atoms with Gasteiger partial charge in [0.15, 0.2) is 0 Å². The summed E-state index contributed by atoms with van der Waals surface area (Å²) in [5.41, 5.74) is 2.28. The van der Waals surface area contributed by atoms with Gasteiger partial charge in [0.1, 0.15) is 5.76 Å². The van der Waals surface area contributed by atoms with E-state index in [2.05, 4.69) is 24.0 Å². The highest BCUT2D eigenvalue weighted by atomic mass is 16.5. The first-order chi connectivity index (χ1) is 9.11. The van der Waals surface area contributed by atoms with Crippen LogP contribution >= 0.6 is 0 Å². The molecule has 0 amide bonds. The predicted octanol–water partition coefficient (Wildman–Crippen LogP) is 2.53. The summed E-state index contributed by atoms with van der Waals surface area (Å²) in [5.74, 6) is 1.34. The summed E-state index contributed by atoms with van der Waals surface area (Å²) in [6.45, 7) is 5.90. The van der Waals surface area contributed by atoms with E-state index in [4.69, 9.17) is 4.52 Å². The van der Waals surface area contributed by atoms with E-state index in [1.165, 1.54) is 18.4 Å². The Morgan fingerprint density at radius 1 is 1.37 bits per heavy atom. The molecule has 0 radical (unpaired) electrons. The van der Waals surface area contributed by atoms with Crippen molar-refractivity contribution < 1.29 is 9.63 Å². The van der Waals surface area contributed by atoms with Crippen molar-refractivity contribution in [2.24, 2.45) is 5.92 Å². The Hall–Kier alpha value is -0.870. The fourth-order valence-electron chi connectivity index (χ4n) is 3.05. The van der Waals surface area contributed by atoms with Gasteiger partial charge in [0.25, 0.3) is 0 Å². The van der Waals surface area contributed by atoms with Crippen LogP contribution in [-0.2, 0) is 13.0 Å². The quantitative estimate of drug-likeness (QED) is 0.889. The van der Waals surface area contributed by atoms with Crippen LogP contribution in [0.4, 0.5) is 0 Å². The van der Waals surface area contributed by atoms with E-state index in [1.807, 2.05) is 6.92 Å². The third-order valence-electron chi connectivity index (χ3n) is 4.24. The van der Waals surface area contributed by atoms with Gasteiger partial charge in [0, 0.05) is 18.7 Å². The average molecular weight is 266 g/mol. The third-order valence-corrected chi connectivity index (χ3v) is 4.24. The second-order valence-corrected chi connectivity index (χ2v) is 5.83. The summed E-state index contributed by atoms with van der Waals surface area (Å²) in [6.07, 6.45) is 5.32. The van der Waals surface area contributed by atoms with Crippen LogP contribution in [0.3, 0.4) is 0 Å². The lowest BCUT2D eigenvalue weighted by Gasteiger charge is -2.31. The molecular weight excluding hydrogens is 240 g/mol. The first kappa shape index (κ1) is 14.5. The Labute approximate surface area is 115 Å². The Bertz CT molecular complexity index is 403. The smallest absolute Gasteiger partial charge is 0.138 e. The van der Waals surface area contributed by atoms with Crippen LogP contribution in [0.2, 0.25) is 0 Å². The van der Waals surface area contributed by atoms with Gasteiger partial charge >= 0.3 is 0 Å². The normalized spacial score (nSPS) is 24.1. The molecule has 4 heteroatoms. The molecule has 0 saturated heterocycles. The molecule has 0 aliphatic heterocycles. The van der Waals surface area contributed by atoms with Crippen molar-refractivity contribution in [1.29, 1.82) is 0 Å². The second kappa shape index (κ2) is 6.53. The van der Waals surface area contributed by atoms with E-state index in [1.54, 1.807) is 0 Å². The minimum Gasteiger partial charge on any atom is -0.393 e. The molecule has 1 aromatic heterocycles. The van der Waals surface area contributed by atoms with E-state index < -0.39 is 0 Å². The van der Waals surface area contributed by atoms with Gasteiger partial charge < -0.3 is 14.5 Å². The second-order valence-electron chi connectivity index (χ2n) is 5.83. The summed E-state index contributed by atoms with van der Waals surface area (Å²) in [6, 6.07) is 0. The number of rotatable bonds is 5. The van der Waals surface area contributed by atoms with Crippen LogP contribution in [0.1, 0.15) is 49.6 Å². The Balaban J connectivity index is 1.93. The predicted molar refractivity (Wildman–Crippen MR) is 74.9 cm³/mol. The minimum atomic E-state index is -0.120. The first-order valence-corrected chi connectivity index (χ1v) is 7.42. The molecule has 2 unspecified atom stereocenters. The zero-order chi connectivity index (χ0) is 13.8. The van der Waals surface area contributed by atoms with Crippen LogP contribution in [0, 0.1) is 12.8 Å². The summed E-state index contributed by atoms with van der Waals surface area (Å²) in [7, 11) is 2.12. The molecule has 0 spiro atoms. The number of aliphatic hydroxyl groups excluding tert-OH is 1. The molecular formula is C15H26N2O2. The maximum Gasteiger partial charge on any atom is 0.138 e. The molecule has 1 aliphatic carbocycles. The molecule has 1 N–H and O–H groups in total. The average Bonchev–Trinajstić information content (AvgIpc) is 2.73. The standard InChI is InChI=1S/C15H26N2O2/c1-4-14-13(11(2)19-16-14)10-17(3)9-12-7-5-6-8-15(12)18/h12,15,18H,4-10H2,1-3H3. The van der Waals surface area contributed by atoms with Crippen molar-refractivity contribution in [3.8, 4) is 0 Å². The SMILES string of the molecule is CCc1noc(C)c1CN(C)CC1CCCCC1O. The fraction of sp³-hybridized carbons (Fsp3) is 0.800. The number of aliphatic hydroxyl groups is 1. The summed E-state index contributed by atoms with van der Waals surface area (Å²) in [4.78, 5) is 2.29. The van der Waals surface area contributed by atoms with Crippen molar-refractivity contribution in [2.75, 3.05) is 13.6 Å². The van der Waals surface area contributed by atoms with Gasteiger partial charge in [0.2, 0.25) is 0 Å². The Morgan fingerprint density at radius 3 is 2.79 bits per heavy atom. The molecule has 108 valence electrons. The van der Waals surface area contributed by atoms with Gasteiger partial charge in [-0.2, -0.15) is 0 Å². The summed E-state index contributed by atoms with van der Waals surface area (Å²) >= 11 is 0. The molecule has 4 nitrogen and oxygen atoms in total.